The maximum Gasteiger partial charge on any atom is 0.408 e. The van der Waals surface area contributed by atoms with Gasteiger partial charge in [-0.3, -0.25) is 4.79 Å². The van der Waals surface area contributed by atoms with Gasteiger partial charge in [0.05, 0.1) is 25.0 Å². The van der Waals surface area contributed by atoms with Crippen molar-refractivity contribution in [2.45, 2.75) is 59.6 Å². The molecule has 1 aromatic rings. The van der Waals surface area contributed by atoms with E-state index in [1.807, 2.05) is 13.8 Å². The van der Waals surface area contributed by atoms with Crippen molar-refractivity contribution in [2.75, 3.05) is 19.0 Å². The molecular weight excluding hydrogens is 376 g/mol. The van der Waals surface area contributed by atoms with Crippen LogP contribution in [0, 0.1) is 5.92 Å². The lowest BCUT2D eigenvalue weighted by molar-refractivity contribution is -0.118. The molecule has 1 atom stereocenters. The highest BCUT2D eigenvalue weighted by Gasteiger charge is 2.26. The van der Waals surface area contributed by atoms with Crippen LogP contribution in [0.25, 0.3) is 0 Å². The molecule has 0 aliphatic rings. The number of alkyl carbamates (subject to hydrolysis) is 1. The van der Waals surface area contributed by atoms with Gasteiger partial charge in [0.15, 0.2) is 0 Å². The van der Waals surface area contributed by atoms with E-state index < -0.39 is 29.6 Å². The van der Waals surface area contributed by atoms with Gasteiger partial charge in [-0.2, -0.15) is 0 Å². The van der Waals surface area contributed by atoms with Gasteiger partial charge in [-0.25, -0.2) is 9.59 Å². The van der Waals surface area contributed by atoms with E-state index in [-0.39, 0.29) is 12.5 Å². The zero-order chi connectivity index (χ0) is 22.2. The van der Waals surface area contributed by atoms with Crippen molar-refractivity contribution in [3.05, 3.63) is 23.8 Å². The van der Waals surface area contributed by atoms with E-state index in [9.17, 15) is 14.4 Å². The number of carbonyl (C=O) groups is 3. The molecule has 8 heteroatoms. The van der Waals surface area contributed by atoms with Crippen molar-refractivity contribution in [2.24, 2.45) is 5.92 Å². The summed E-state index contributed by atoms with van der Waals surface area (Å²) in [4.78, 5) is 36.8. The number of hydrogen-bond acceptors (Lipinski definition) is 6. The number of rotatable bonds is 8. The second-order valence-electron chi connectivity index (χ2n) is 7.95. The van der Waals surface area contributed by atoms with Gasteiger partial charge in [-0.1, -0.05) is 13.8 Å². The predicted octanol–water partition coefficient (Wildman–Crippen LogP) is 3.75. The Bertz CT molecular complexity index is 724. The third-order valence-corrected chi connectivity index (χ3v) is 3.69. The lowest BCUT2D eigenvalue weighted by Crippen LogP contribution is -2.46. The standard InChI is InChI=1S/C21H32N2O6/c1-8-28-19(25)14-9-10-15(17(12-14)27-7)22-18(24)16(11-13(2)3)23-20(26)29-21(4,5)6/h9-10,12-13,16H,8,11H2,1-7H3,(H,22,24)(H,23,26)/t16-/m0/s1. The molecule has 0 aromatic heterocycles. The fourth-order valence-corrected chi connectivity index (χ4v) is 2.51. The van der Waals surface area contributed by atoms with Crippen LogP contribution in [0.3, 0.4) is 0 Å². The van der Waals surface area contributed by atoms with Crippen molar-refractivity contribution >= 4 is 23.7 Å². The summed E-state index contributed by atoms with van der Waals surface area (Å²) in [7, 11) is 1.43. The molecule has 1 aromatic carbocycles. The quantitative estimate of drug-likeness (QED) is 0.635. The lowest BCUT2D eigenvalue weighted by Gasteiger charge is -2.24. The number of carbonyl (C=O) groups excluding carboxylic acids is 3. The average molecular weight is 408 g/mol. The first-order valence-electron chi connectivity index (χ1n) is 9.62. The molecule has 162 valence electrons. The Morgan fingerprint density at radius 2 is 1.79 bits per heavy atom. The molecule has 0 saturated carbocycles. The third-order valence-electron chi connectivity index (χ3n) is 3.69. The predicted molar refractivity (Wildman–Crippen MR) is 110 cm³/mol. The SMILES string of the molecule is CCOC(=O)c1ccc(NC(=O)[C@H](CC(C)C)NC(=O)OC(C)(C)C)c(OC)c1. The number of nitrogens with one attached hydrogen (secondary N) is 2. The number of methoxy groups -OCH3 is 1. The molecule has 0 bridgehead atoms. The van der Waals surface area contributed by atoms with Crippen LogP contribution in [0.2, 0.25) is 0 Å². The number of anilines is 1. The van der Waals surface area contributed by atoms with E-state index in [4.69, 9.17) is 14.2 Å². The number of hydrogen-bond donors (Lipinski definition) is 2. The summed E-state index contributed by atoms with van der Waals surface area (Å²) >= 11 is 0. The van der Waals surface area contributed by atoms with E-state index in [0.717, 1.165) is 0 Å². The topological polar surface area (TPSA) is 103 Å². The van der Waals surface area contributed by atoms with Crippen molar-refractivity contribution in [1.29, 1.82) is 0 Å². The van der Waals surface area contributed by atoms with Gasteiger partial charge in [-0.05, 0) is 58.2 Å². The summed E-state index contributed by atoms with van der Waals surface area (Å²) in [5.74, 6) is -0.419. The molecule has 0 spiro atoms. The number of ether oxygens (including phenoxy) is 3. The molecule has 0 unspecified atom stereocenters. The summed E-state index contributed by atoms with van der Waals surface area (Å²) < 4.78 is 15.5. The van der Waals surface area contributed by atoms with Crippen LogP contribution in [0.5, 0.6) is 5.75 Å². The maximum atomic E-state index is 12.8. The summed E-state index contributed by atoms with van der Waals surface area (Å²) in [6, 6.07) is 3.80. The van der Waals surface area contributed by atoms with Gasteiger partial charge in [-0.15, -0.1) is 0 Å². The molecule has 29 heavy (non-hydrogen) atoms. The first-order valence-corrected chi connectivity index (χ1v) is 9.62. The molecule has 1 rings (SSSR count). The summed E-state index contributed by atoms with van der Waals surface area (Å²) in [6.07, 6.45) is -0.239. The number of benzene rings is 1. The number of esters is 1. The van der Waals surface area contributed by atoms with Gasteiger partial charge in [0.2, 0.25) is 5.91 Å². The van der Waals surface area contributed by atoms with Crippen molar-refractivity contribution in [1.82, 2.24) is 5.32 Å². The monoisotopic (exact) mass is 408 g/mol. The smallest absolute Gasteiger partial charge is 0.408 e. The Labute approximate surface area is 172 Å². The normalized spacial score (nSPS) is 12.1. The Morgan fingerprint density at radius 3 is 2.31 bits per heavy atom. The van der Waals surface area contributed by atoms with Crippen molar-refractivity contribution < 1.29 is 28.6 Å². The number of amides is 2. The highest BCUT2D eigenvalue weighted by atomic mass is 16.6. The molecule has 8 nitrogen and oxygen atoms in total. The van der Waals surface area contributed by atoms with Crippen LogP contribution >= 0.6 is 0 Å². The van der Waals surface area contributed by atoms with E-state index >= 15 is 0 Å². The molecule has 0 radical (unpaired) electrons. The van der Waals surface area contributed by atoms with Crippen LogP contribution in [0.15, 0.2) is 18.2 Å². The highest BCUT2D eigenvalue weighted by molar-refractivity contribution is 5.98. The molecule has 2 amide bonds. The fraction of sp³-hybridized carbons (Fsp3) is 0.571. The minimum absolute atomic E-state index is 0.161. The fourth-order valence-electron chi connectivity index (χ4n) is 2.51. The third kappa shape index (κ3) is 8.41. The van der Waals surface area contributed by atoms with E-state index in [2.05, 4.69) is 10.6 Å². The Balaban J connectivity index is 2.98. The molecule has 0 aliphatic heterocycles. The van der Waals surface area contributed by atoms with Crippen molar-refractivity contribution in [3.8, 4) is 5.75 Å². The largest absolute Gasteiger partial charge is 0.495 e. The Kier molecular flexibility index (Phi) is 8.94. The Hall–Kier alpha value is -2.77. The molecule has 0 heterocycles. The summed E-state index contributed by atoms with van der Waals surface area (Å²) in [5, 5.41) is 5.37. The molecule has 2 N–H and O–H groups in total. The van der Waals surface area contributed by atoms with Gasteiger partial charge in [0.1, 0.15) is 17.4 Å². The average Bonchev–Trinajstić information content (AvgIpc) is 2.59. The zero-order valence-electron chi connectivity index (χ0n) is 18.3. The molecular formula is C21H32N2O6. The lowest BCUT2D eigenvalue weighted by atomic mass is 10.0. The first-order chi connectivity index (χ1) is 13.5. The maximum absolute atomic E-state index is 12.8. The minimum Gasteiger partial charge on any atom is -0.495 e. The summed E-state index contributed by atoms with van der Waals surface area (Å²) in [5.41, 5.74) is 0.0207. The van der Waals surface area contributed by atoms with Crippen LogP contribution < -0.4 is 15.4 Å². The zero-order valence-corrected chi connectivity index (χ0v) is 18.3. The molecule has 0 aliphatic carbocycles. The van der Waals surface area contributed by atoms with E-state index in [1.165, 1.54) is 19.2 Å². The summed E-state index contributed by atoms with van der Waals surface area (Å²) in [6.45, 7) is 11.1. The van der Waals surface area contributed by atoms with Gasteiger partial charge in [0.25, 0.3) is 0 Å². The highest BCUT2D eigenvalue weighted by Crippen LogP contribution is 2.26. The van der Waals surface area contributed by atoms with Crippen molar-refractivity contribution in [3.63, 3.8) is 0 Å². The first kappa shape index (κ1) is 24.3. The van der Waals surface area contributed by atoms with E-state index in [1.54, 1.807) is 33.8 Å². The van der Waals surface area contributed by atoms with E-state index in [0.29, 0.717) is 23.4 Å². The van der Waals surface area contributed by atoms with Crippen LogP contribution in [-0.4, -0.2) is 43.3 Å². The Morgan fingerprint density at radius 1 is 1.14 bits per heavy atom. The van der Waals surface area contributed by atoms with Crippen LogP contribution in [0.4, 0.5) is 10.5 Å². The van der Waals surface area contributed by atoms with Gasteiger partial charge < -0.3 is 24.8 Å². The van der Waals surface area contributed by atoms with Crippen LogP contribution in [0.1, 0.15) is 58.3 Å². The van der Waals surface area contributed by atoms with Gasteiger partial charge in [0, 0.05) is 0 Å². The van der Waals surface area contributed by atoms with Gasteiger partial charge >= 0.3 is 12.1 Å². The minimum atomic E-state index is -0.792. The molecule has 0 fully saturated rings. The second-order valence-corrected chi connectivity index (χ2v) is 7.95. The van der Waals surface area contributed by atoms with Crippen LogP contribution in [-0.2, 0) is 14.3 Å². The second kappa shape index (κ2) is 10.7. The molecule has 0 saturated heterocycles.